The Kier molecular flexibility index (Phi) is 8.00. The molecule has 0 aliphatic carbocycles. The normalized spacial score (nSPS) is 15.8. The SMILES string of the molecule is COCCOCCN1CCN(C(=O)CCc2ccncc2)CC1. The Bertz CT molecular complexity index is 448. The molecule has 2 rings (SSSR count). The minimum Gasteiger partial charge on any atom is -0.382 e. The molecule has 0 atom stereocenters. The van der Waals surface area contributed by atoms with Gasteiger partial charge in [-0.1, -0.05) is 0 Å². The zero-order chi connectivity index (χ0) is 16.3. The summed E-state index contributed by atoms with van der Waals surface area (Å²) in [7, 11) is 1.67. The van der Waals surface area contributed by atoms with Crippen LogP contribution in [0.15, 0.2) is 24.5 Å². The zero-order valence-electron chi connectivity index (χ0n) is 13.9. The van der Waals surface area contributed by atoms with E-state index >= 15 is 0 Å². The molecule has 0 bridgehead atoms. The number of nitrogens with zero attached hydrogens (tertiary/aromatic N) is 3. The van der Waals surface area contributed by atoms with Gasteiger partial charge in [-0.2, -0.15) is 0 Å². The zero-order valence-corrected chi connectivity index (χ0v) is 13.9. The van der Waals surface area contributed by atoms with Gasteiger partial charge in [0.05, 0.1) is 19.8 Å². The number of hydrogen-bond acceptors (Lipinski definition) is 5. The van der Waals surface area contributed by atoms with Gasteiger partial charge in [0.15, 0.2) is 0 Å². The van der Waals surface area contributed by atoms with Gasteiger partial charge in [-0.25, -0.2) is 0 Å². The molecule has 1 aliphatic heterocycles. The van der Waals surface area contributed by atoms with E-state index < -0.39 is 0 Å². The van der Waals surface area contributed by atoms with Crippen LogP contribution < -0.4 is 0 Å². The van der Waals surface area contributed by atoms with Crippen LogP contribution >= 0.6 is 0 Å². The van der Waals surface area contributed by atoms with E-state index in [1.807, 2.05) is 17.0 Å². The van der Waals surface area contributed by atoms with Crippen molar-refractivity contribution < 1.29 is 14.3 Å². The van der Waals surface area contributed by atoms with Gasteiger partial charge in [0.1, 0.15) is 0 Å². The van der Waals surface area contributed by atoms with E-state index in [1.54, 1.807) is 19.5 Å². The van der Waals surface area contributed by atoms with Crippen LogP contribution in [0.4, 0.5) is 0 Å². The summed E-state index contributed by atoms with van der Waals surface area (Å²) in [6.45, 7) is 6.40. The van der Waals surface area contributed by atoms with Crippen LogP contribution in [0.3, 0.4) is 0 Å². The van der Waals surface area contributed by atoms with Crippen LogP contribution in [-0.2, 0) is 20.7 Å². The molecule has 0 saturated carbocycles. The van der Waals surface area contributed by atoms with Gasteiger partial charge in [0.2, 0.25) is 5.91 Å². The van der Waals surface area contributed by atoms with Crippen LogP contribution in [0.5, 0.6) is 0 Å². The first kappa shape index (κ1) is 17.8. The van der Waals surface area contributed by atoms with E-state index in [0.717, 1.165) is 45.8 Å². The second kappa shape index (κ2) is 10.3. The van der Waals surface area contributed by atoms with Crippen molar-refractivity contribution in [2.75, 3.05) is 59.7 Å². The minimum absolute atomic E-state index is 0.248. The molecule has 1 amide bonds. The molecule has 2 heterocycles. The van der Waals surface area contributed by atoms with Gasteiger partial charge in [0, 0.05) is 58.6 Å². The summed E-state index contributed by atoms with van der Waals surface area (Å²) in [4.78, 5) is 20.6. The Hall–Kier alpha value is -1.50. The smallest absolute Gasteiger partial charge is 0.222 e. The predicted molar refractivity (Wildman–Crippen MR) is 88.3 cm³/mol. The lowest BCUT2D eigenvalue weighted by molar-refractivity contribution is -0.133. The molecule has 0 unspecified atom stereocenters. The molecule has 0 spiro atoms. The van der Waals surface area contributed by atoms with Crippen molar-refractivity contribution >= 4 is 5.91 Å². The highest BCUT2D eigenvalue weighted by Gasteiger charge is 2.20. The van der Waals surface area contributed by atoms with Crippen molar-refractivity contribution in [3.63, 3.8) is 0 Å². The molecular weight excluding hydrogens is 294 g/mol. The molecule has 1 aromatic rings. The average molecular weight is 321 g/mol. The molecule has 0 radical (unpaired) electrons. The summed E-state index contributed by atoms with van der Waals surface area (Å²) in [5.41, 5.74) is 1.17. The van der Waals surface area contributed by atoms with E-state index in [4.69, 9.17) is 9.47 Å². The van der Waals surface area contributed by atoms with Crippen LogP contribution in [0.1, 0.15) is 12.0 Å². The molecule has 6 nitrogen and oxygen atoms in total. The third-order valence-corrected chi connectivity index (χ3v) is 4.09. The van der Waals surface area contributed by atoms with Crippen molar-refractivity contribution in [1.29, 1.82) is 0 Å². The third kappa shape index (κ3) is 6.64. The molecule has 0 N–H and O–H groups in total. The molecule has 128 valence electrons. The van der Waals surface area contributed by atoms with E-state index in [1.165, 1.54) is 5.56 Å². The standard InChI is InChI=1S/C17H27N3O3/c1-22-14-15-23-13-12-19-8-10-20(11-9-19)17(21)3-2-16-4-6-18-7-5-16/h4-7H,2-3,8-15H2,1H3. The Balaban J connectivity index is 1.59. The first-order valence-corrected chi connectivity index (χ1v) is 8.25. The van der Waals surface area contributed by atoms with Crippen molar-refractivity contribution in [1.82, 2.24) is 14.8 Å². The first-order valence-electron chi connectivity index (χ1n) is 8.25. The lowest BCUT2D eigenvalue weighted by atomic mass is 10.1. The first-order chi connectivity index (χ1) is 11.3. The number of aryl methyl sites for hydroxylation is 1. The lowest BCUT2D eigenvalue weighted by Gasteiger charge is -2.34. The van der Waals surface area contributed by atoms with Gasteiger partial charge < -0.3 is 14.4 Å². The summed E-state index contributed by atoms with van der Waals surface area (Å²) in [6.07, 6.45) is 4.90. The maximum Gasteiger partial charge on any atom is 0.222 e. The van der Waals surface area contributed by atoms with Gasteiger partial charge in [-0.15, -0.1) is 0 Å². The molecule has 1 aromatic heterocycles. The fourth-order valence-electron chi connectivity index (χ4n) is 2.62. The predicted octanol–water partition coefficient (Wildman–Crippen LogP) is 0.821. The highest BCUT2D eigenvalue weighted by atomic mass is 16.5. The Labute approximate surface area is 138 Å². The van der Waals surface area contributed by atoms with Gasteiger partial charge in [0.25, 0.3) is 0 Å². The minimum atomic E-state index is 0.248. The number of carbonyl (C=O) groups excluding carboxylic acids is 1. The van der Waals surface area contributed by atoms with E-state index in [0.29, 0.717) is 19.6 Å². The fourth-order valence-corrected chi connectivity index (χ4v) is 2.62. The highest BCUT2D eigenvalue weighted by Crippen LogP contribution is 2.07. The van der Waals surface area contributed by atoms with E-state index in [-0.39, 0.29) is 5.91 Å². The molecule has 6 heteroatoms. The summed E-state index contributed by atoms with van der Waals surface area (Å²) in [6, 6.07) is 3.93. The van der Waals surface area contributed by atoms with Gasteiger partial charge >= 0.3 is 0 Å². The van der Waals surface area contributed by atoms with E-state index in [2.05, 4.69) is 9.88 Å². The van der Waals surface area contributed by atoms with Crippen LogP contribution in [0.25, 0.3) is 0 Å². The Morgan fingerprint density at radius 1 is 1.13 bits per heavy atom. The van der Waals surface area contributed by atoms with Crippen LogP contribution in [0.2, 0.25) is 0 Å². The van der Waals surface area contributed by atoms with Crippen LogP contribution in [-0.4, -0.2) is 80.3 Å². The third-order valence-electron chi connectivity index (χ3n) is 4.09. The number of pyridine rings is 1. The Morgan fingerprint density at radius 2 is 1.87 bits per heavy atom. The molecule has 0 aromatic carbocycles. The number of aromatic nitrogens is 1. The number of amides is 1. The second-order valence-electron chi connectivity index (χ2n) is 5.68. The summed E-state index contributed by atoms with van der Waals surface area (Å²) < 4.78 is 10.4. The van der Waals surface area contributed by atoms with E-state index in [9.17, 15) is 4.79 Å². The number of piperazine rings is 1. The maximum atomic E-state index is 12.3. The summed E-state index contributed by atoms with van der Waals surface area (Å²) in [5.74, 6) is 0.248. The number of rotatable bonds is 9. The van der Waals surface area contributed by atoms with Crippen molar-refractivity contribution in [3.8, 4) is 0 Å². The van der Waals surface area contributed by atoms with Crippen molar-refractivity contribution in [3.05, 3.63) is 30.1 Å². The molecule has 1 aliphatic rings. The fraction of sp³-hybridized carbons (Fsp3) is 0.647. The molecule has 23 heavy (non-hydrogen) atoms. The van der Waals surface area contributed by atoms with Crippen molar-refractivity contribution in [2.24, 2.45) is 0 Å². The van der Waals surface area contributed by atoms with Gasteiger partial charge in [-0.05, 0) is 24.1 Å². The largest absolute Gasteiger partial charge is 0.382 e. The summed E-state index contributed by atoms with van der Waals surface area (Å²) in [5, 5.41) is 0. The van der Waals surface area contributed by atoms with Crippen LogP contribution in [0, 0.1) is 0 Å². The Morgan fingerprint density at radius 3 is 2.57 bits per heavy atom. The number of hydrogen-bond donors (Lipinski definition) is 0. The monoisotopic (exact) mass is 321 g/mol. The molecule has 1 saturated heterocycles. The highest BCUT2D eigenvalue weighted by molar-refractivity contribution is 5.76. The van der Waals surface area contributed by atoms with Gasteiger partial charge in [-0.3, -0.25) is 14.7 Å². The molecule has 1 fully saturated rings. The van der Waals surface area contributed by atoms with Crippen molar-refractivity contribution in [2.45, 2.75) is 12.8 Å². The topological polar surface area (TPSA) is 54.9 Å². The number of carbonyl (C=O) groups is 1. The number of methoxy groups -OCH3 is 1. The second-order valence-corrected chi connectivity index (χ2v) is 5.68. The summed E-state index contributed by atoms with van der Waals surface area (Å²) >= 11 is 0. The molecular formula is C17H27N3O3. The quantitative estimate of drug-likeness (QED) is 0.630. The number of ether oxygens (including phenoxy) is 2. The lowest BCUT2D eigenvalue weighted by Crippen LogP contribution is -2.49. The average Bonchev–Trinajstić information content (AvgIpc) is 2.61. The maximum absolute atomic E-state index is 12.3.